The van der Waals surface area contributed by atoms with Gasteiger partial charge in [0.2, 0.25) is 0 Å². The van der Waals surface area contributed by atoms with Crippen LogP contribution in [0.5, 0.6) is 0 Å². The monoisotopic (exact) mass is 218 g/mol. The topological polar surface area (TPSA) is 38.0 Å². The molecule has 2 unspecified atom stereocenters. The van der Waals surface area contributed by atoms with Gasteiger partial charge in [0.15, 0.2) is 0 Å². The maximum absolute atomic E-state index is 6.26. The predicted molar refractivity (Wildman–Crippen MR) is 68.5 cm³/mol. The third-order valence-electron chi connectivity index (χ3n) is 3.52. The third-order valence-corrected chi connectivity index (χ3v) is 3.52. The Morgan fingerprint density at radius 2 is 1.81 bits per heavy atom. The zero-order chi connectivity index (χ0) is 11.5. The van der Waals surface area contributed by atoms with Crippen LogP contribution in [0.15, 0.2) is 24.3 Å². The summed E-state index contributed by atoms with van der Waals surface area (Å²) in [4.78, 5) is 0. The molecule has 1 heterocycles. The smallest absolute Gasteiger partial charge is 0.0450 e. The van der Waals surface area contributed by atoms with Gasteiger partial charge >= 0.3 is 0 Å². The van der Waals surface area contributed by atoms with Crippen molar-refractivity contribution < 1.29 is 0 Å². The van der Waals surface area contributed by atoms with E-state index in [1.165, 1.54) is 24.0 Å². The van der Waals surface area contributed by atoms with Gasteiger partial charge in [-0.3, -0.25) is 0 Å². The van der Waals surface area contributed by atoms with Crippen molar-refractivity contribution in [1.29, 1.82) is 0 Å². The van der Waals surface area contributed by atoms with Gasteiger partial charge in [-0.05, 0) is 36.4 Å². The van der Waals surface area contributed by atoms with Crippen LogP contribution in [0.1, 0.15) is 49.8 Å². The molecule has 16 heavy (non-hydrogen) atoms. The SMILES string of the molecule is CC(C)c1ccc(C(N)C2CCCN2)cc1. The molecule has 2 atom stereocenters. The van der Waals surface area contributed by atoms with Crippen LogP contribution in [0.2, 0.25) is 0 Å². The quantitative estimate of drug-likeness (QED) is 0.818. The van der Waals surface area contributed by atoms with Crippen LogP contribution in [0, 0.1) is 0 Å². The van der Waals surface area contributed by atoms with Crippen molar-refractivity contribution in [3.8, 4) is 0 Å². The Morgan fingerprint density at radius 3 is 2.31 bits per heavy atom. The van der Waals surface area contributed by atoms with E-state index >= 15 is 0 Å². The molecule has 2 nitrogen and oxygen atoms in total. The van der Waals surface area contributed by atoms with Crippen molar-refractivity contribution in [3.05, 3.63) is 35.4 Å². The number of nitrogens with two attached hydrogens (primary N) is 1. The van der Waals surface area contributed by atoms with Crippen molar-refractivity contribution in [2.45, 2.75) is 44.7 Å². The van der Waals surface area contributed by atoms with E-state index in [2.05, 4.69) is 43.4 Å². The molecule has 1 fully saturated rings. The van der Waals surface area contributed by atoms with Gasteiger partial charge in [-0.15, -0.1) is 0 Å². The maximum Gasteiger partial charge on any atom is 0.0450 e. The molecule has 0 radical (unpaired) electrons. The molecule has 0 aromatic heterocycles. The van der Waals surface area contributed by atoms with Crippen LogP contribution in [0.25, 0.3) is 0 Å². The van der Waals surface area contributed by atoms with Gasteiger partial charge in [0.1, 0.15) is 0 Å². The van der Waals surface area contributed by atoms with Crippen molar-refractivity contribution in [1.82, 2.24) is 5.32 Å². The minimum absolute atomic E-state index is 0.142. The summed E-state index contributed by atoms with van der Waals surface area (Å²) in [5, 5.41) is 3.47. The lowest BCUT2D eigenvalue weighted by atomic mass is 9.95. The minimum Gasteiger partial charge on any atom is -0.323 e. The Kier molecular flexibility index (Phi) is 3.62. The highest BCUT2D eigenvalue weighted by atomic mass is 15.0. The molecule has 0 bridgehead atoms. The van der Waals surface area contributed by atoms with Gasteiger partial charge in [0.25, 0.3) is 0 Å². The van der Waals surface area contributed by atoms with Crippen LogP contribution in [0.4, 0.5) is 0 Å². The van der Waals surface area contributed by atoms with E-state index in [1.807, 2.05) is 0 Å². The first-order chi connectivity index (χ1) is 7.68. The summed E-state index contributed by atoms with van der Waals surface area (Å²) < 4.78 is 0. The van der Waals surface area contributed by atoms with Gasteiger partial charge < -0.3 is 11.1 Å². The lowest BCUT2D eigenvalue weighted by Crippen LogP contribution is -2.34. The van der Waals surface area contributed by atoms with E-state index in [0.717, 1.165) is 6.54 Å². The number of nitrogens with one attached hydrogen (secondary N) is 1. The molecule has 2 rings (SSSR count). The molecule has 3 N–H and O–H groups in total. The molecule has 0 spiro atoms. The fourth-order valence-electron chi connectivity index (χ4n) is 2.35. The fraction of sp³-hybridized carbons (Fsp3) is 0.571. The van der Waals surface area contributed by atoms with Gasteiger partial charge in [0.05, 0.1) is 0 Å². The van der Waals surface area contributed by atoms with Crippen molar-refractivity contribution >= 4 is 0 Å². The second-order valence-corrected chi connectivity index (χ2v) is 5.05. The summed E-state index contributed by atoms with van der Waals surface area (Å²) >= 11 is 0. The van der Waals surface area contributed by atoms with E-state index in [1.54, 1.807) is 0 Å². The number of hydrogen-bond acceptors (Lipinski definition) is 2. The highest BCUT2D eigenvalue weighted by Gasteiger charge is 2.22. The second-order valence-electron chi connectivity index (χ2n) is 5.05. The summed E-state index contributed by atoms with van der Waals surface area (Å²) in [6.07, 6.45) is 2.45. The Labute approximate surface area is 98.2 Å². The van der Waals surface area contributed by atoms with E-state index in [9.17, 15) is 0 Å². The van der Waals surface area contributed by atoms with Crippen LogP contribution in [0.3, 0.4) is 0 Å². The summed E-state index contributed by atoms with van der Waals surface area (Å²) in [5.41, 5.74) is 8.90. The molecule has 0 amide bonds. The first-order valence-corrected chi connectivity index (χ1v) is 6.27. The second kappa shape index (κ2) is 4.98. The number of hydrogen-bond donors (Lipinski definition) is 2. The number of benzene rings is 1. The van der Waals surface area contributed by atoms with Crippen LogP contribution < -0.4 is 11.1 Å². The first kappa shape index (κ1) is 11.6. The van der Waals surface area contributed by atoms with Crippen molar-refractivity contribution in [2.24, 2.45) is 5.73 Å². The van der Waals surface area contributed by atoms with Crippen molar-refractivity contribution in [2.75, 3.05) is 6.54 Å². The standard InChI is InChI=1S/C14H22N2/c1-10(2)11-5-7-12(8-6-11)14(15)13-4-3-9-16-13/h5-8,10,13-14,16H,3-4,9,15H2,1-2H3. The average molecular weight is 218 g/mol. The lowest BCUT2D eigenvalue weighted by molar-refractivity contribution is 0.500. The Morgan fingerprint density at radius 1 is 1.19 bits per heavy atom. The van der Waals surface area contributed by atoms with E-state index in [-0.39, 0.29) is 6.04 Å². The summed E-state index contributed by atoms with van der Waals surface area (Å²) in [7, 11) is 0. The maximum atomic E-state index is 6.26. The van der Waals surface area contributed by atoms with Gasteiger partial charge in [-0.1, -0.05) is 38.1 Å². The van der Waals surface area contributed by atoms with Gasteiger partial charge in [-0.2, -0.15) is 0 Å². The minimum atomic E-state index is 0.142. The summed E-state index contributed by atoms with van der Waals surface area (Å²) in [6.45, 7) is 5.55. The molecule has 0 aliphatic carbocycles. The molecular formula is C14H22N2. The first-order valence-electron chi connectivity index (χ1n) is 6.27. The molecule has 2 heteroatoms. The molecule has 0 saturated carbocycles. The molecule has 1 aromatic carbocycles. The van der Waals surface area contributed by atoms with Crippen LogP contribution >= 0.6 is 0 Å². The highest BCUT2D eigenvalue weighted by Crippen LogP contribution is 2.22. The van der Waals surface area contributed by atoms with Crippen LogP contribution in [-0.2, 0) is 0 Å². The molecule has 88 valence electrons. The molecule has 1 aliphatic rings. The zero-order valence-electron chi connectivity index (χ0n) is 10.2. The van der Waals surface area contributed by atoms with Crippen LogP contribution in [-0.4, -0.2) is 12.6 Å². The average Bonchev–Trinajstić information content (AvgIpc) is 2.81. The van der Waals surface area contributed by atoms with E-state index < -0.39 is 0 Å². The molecule has 1 aliphatic heterocycles. The lowest BCUT2D eigenvalue weighted by Gasteiger charge is -2.20. The summed E-state index contributed by atoms with van der Waals surface area (Å²) in [6, 6.07) is 9.37. The Balaban J connectivity index is 2.08. The Bertz CT molecular complexity index is 323. The highest BCUT2D eigenvalue weighted by molar-refractivity contribution is 5.27. The zero-order valence-corrected chi connectivity index (χ0v) is 10.2. The van der Waals surface area contributed by atoms with E-state index in [0.29, 0.717) is 12.0 Å². The van der Waals surface area contributed by atoms with Gasteiger partial charge in [0, 0.05) is 12.1 Å². The molecule has 1 aromatic rings. The van der Waals surface area contributed by atoms with Gasteiger partial charge in [-0.25, -0.2) is 0 Å². The number of rotatable bonds is 3. The molecule has 1 saturated heterocycles. The third kappa shape index (κ3) is 2.45. The van der Waals surface area contributed by atoms with E-state index in [4.69, 9.17) is 5.73 Å². The summed E-state index contributed by atoms with van der Waals surface area (Å²) in [5.74, 6) is 0.592. The Hall–Kier alpha value is -0.860. The predicted octanol–water partition coefficient (Wildman–Crippen LogP) is 2.56. The fourth-order valence-corrected chi connectivity index (χ4v) is 2.35. The normalized spacial score (nSPS) is 22.6. The molecular weight excluding hydrogens is 196 g/mol. The largest absolute Gasteiger partial charge is 0.323 e. The van der Waals surface area contributed by atoms with Crippen molar-refractivity contribution in [3.63, 3.8) is 0 Å².